The number of para-hydroxylation sites is 1. The van der Waals surface area contributed by atoms with E-state index in [0.717, 1.165) is 16.8 Å². The predicted molar refractivity (Wildman–Crippen MR) is 74.0 cm³/mol. The van der Waals surface area contributed by atoms with E-state index >= 15 is 0 Å². The van der Waals surface area contributed by atoms with Gasteiger partial charge in [-0.15, -0.1) is 0 Å². The minimum absolute atomic E-state index is 0.588. The van der Waals surface area contributed by atoms with Gasteiger partial charge in [-0.25, -0.2) is 4.98 Å². The SMILES string of the molecule is COc1cc(CNc2c(C)cccc2C#N)ccn1. The Hall–Kier alpha value is -2.54. The maximum absolute atomic E-state index is 9.10. The van der Waals surface area contributed by atoms with Gasteiger partial charge >= 0.3 is 0 Å². The zero-order chi connectivity index (χ0) is 13.7. The van der Waals surface area contributed by atoms with Gasteiger partial charge in [0.2, 0.25) is 5.88 Å². The number of aromatic nitrogens is 1. The topological polar surface area (TPSA) is 57.9 Å². The molecule has 0 saturated heterocycles. The number of rotatable bonds is 4. The van der Waals surface area contributed by atoms with Gasteiger partial charge < -0.3 is 10.1 Å². The van der Waals surface area contributed by atoms with Crippen molar-refractivity contribution in [1.29, 1.82) is 5.26 Å². The Morgan fingerprint density at radius 2 is 2.21 bits per heavy atom. The summed E-state index contributed by atoms with van der Waals surface area (Å²) in [7, 11) is 1.59. The Morgan fingerprint density at radius 3 is 2.95 bits per heavy atom. The van der Waals surface area contributed by atoms with Gasteiger partial charge in [-0.3, -0.25) is 0 Å². The smallest absolute Gasteiger partial charge is 0.213 e. The number of nitrogens with zero attached hydrogens (tertiary/aromatic N) is 2. The first-order valence-electron chi connectivity index (χ1n) is 5.97. The first-order valence-corrected chi connectivity index (χ1v) is 5.97. The van der Waals surface area contributed by atoms with E-state index in [1.165, 1.54) is 0 Å². The number of nitriles is 1. The Kier molecular flexibility index (Phi) is 3.99. The van der Waals surface area contributed by atoms with E-state index in [1.54, 1.807) is 13.3 Å². The fraction of sp³-hybridized carbons (Fsp3) is 0.200. The molecule has 2 aromatic rings. The van der Waals surface area contributed by atoms with Crippen LogP contribution in [0.25, 0.3) is 0 Å². The van der Waals surface area contributed by atoms with E-state index in [1.807, 2.05) is 37.3 Å². The molecule has 96 valence electrons. The summed E-state index contributed by atoms with van der Waals surface area (Å²) in [6, 6.07) is 11.7. The lowest BCUT2D eigenvalue weighted by Crippen LogP contribution is -2.03. The average molecular weight is 253 g/mol. The van der Waals surface area contributed by atoms with Gasteiger partial charge in [0.25, 0.3) is 0 Å². The van der Waals surface area contributed by atoms with Crippen LogP contribution in [0.15, 0.2) is 36.5 Å². The van der Waals surface area contributed by atoms with Crippen LogP contribution >= 0.6 is 0 Å². The van der Waals surface area contributed by atoms with Crippen LogP contribution in [0.5, 0.6) is 5.88 Å². The zero-order valence-corrected chi connectivity index (χ0v) is 11.0. The molecule has 0 aliphatic carbocycles. The summed E-state index contributed by atoms with van der Waals surface area (Å²) in [5.74, 6) is 0.588. The minimum Gasteiger partial charge on any atom is -0.481 e. The van der Waals surface area contributed by atoms with Crippen molar-refractivity contribution in [3.05, 3.63) is 53.2 Å². The molecule has 0 aliphatic rings. The number of nitrogens with one attached hydrogen (secondary N) is 1. The number of hydrogen-bond donors (Lipinski definition) is 1. The van der Waals surface area contributed by atoms with Crippen LogP contribution in [0.1, 0.15) is 16.7 Å². The van der Waals surface area contributed by atoms with Crippen LogP contribution in [0.3, 0.4) is 0 Å². The second kappa shape index (κ2) is 5.87. The third kappa shape index (κ3) is 3.02. The summed E-state index contributed by atoms with van der Waals surface area (Å²) in [5.41, 5.74) is 3.64. The first kappa shape index (κ1) is 12.9. The summed E-state index contributed by atoms with van der Waals surface area (Å²) in [4.78, 5) is 4.06. The molecule has 0 radical (unpaired) electrons. The second-order valence-electron chi connectivity index (χ2n) is 4.17. The third-order valence-electron chi connectivity index (χ3n) is 2.87. The largest absolute Gasteiger partial charge is 0.481 e. The molecule has 2 rings (SSSR count). The first-order chi connectivity index (χ1) is 9.24. The number of anilines is 1. The molecular weight excluding hydrogens is 238 g/mol. The van der Waals surface area contributed by atoms with Crippen molar-refractivity contribution in [2.75, 3.05) is 12.4 Å². The maximum Gasteiger partial charge on any atom is 0.213 e. The van der Waals surface area contributed by atoms with E-state index in [2.05, 4.69) is 16.4 Å². The summed E-state index contributed by atoms with van der Waals surface area (Å²) in [5, 5.41) is 12.4. The van der Waals surface area contributed by atoms with Gasteiger partial charge in [-0.05, 0) is 30.2 Å². The molecule has 0 spiro atoms. The van der Waals surface area contributed by atoms with Gasteiger partial charge in [-0.1, -0.05) is 12.1 Å². The zero-order valence-electron chi connectivity index (χ0n) is 11.0. The molecule has 0 unspecified atom stereocenters. The molecule has 1 heterocycles. The quantitative estimate of drug-likeness (QED) is 0.910. The van der Waals surface area contributed by atoms with Crippen LogP contribution in [-0.2, 0) is 6.54 Å². The van der Waals surface area contributed by atoms with Crippen LogP contribution < -0.4 is 10.1 Å². The van der Waals surface area contributed by atoms with E-state index < -0.39 is 0 Å². The second-order valence-corrected chi connectivity index (χ2v) is 4.17. The summed E-state index contributed by atoms with van der Waals surface area (Å²) < 4.78 is 5.08. The lowest BCUT2D eigenvalue weighted by atomic mass is 10.1. The Bertz CT molecular complexity index is 617. The molecule has 0 amide bonds. The molecule has 0 bridgehead atoms. The minimum atomic E-state index is 0.588. The van der Waals surface area contributed by atoms with Gasteiger partial charge in [0.15, 0.2) is 0 Å². The van der Waals surface area contributed by atoms with Crippen molar-refractivity contribution < 1.29 is 4.74 Å². The lowest BCUT2D eigenvalue weighted by Gasteiger charge is -2.11. The van der Waals surface area contributed by atoms with E-state index in [4.69, 9.17) is 10.00 Å². The van der Waals surface area contributed by atoms with Crippen molar-refractivity contribution in [3.63, 3.8) is 0 Å². The number of pyridine rings is 1. The molecule has 0 fully saturated rings. The van der Waals surface area contributed by atoms with Gasteiger partial charge in [0.1, 0.15) is 6.07 Å². The summed E-state index contributed by atoms with van der Waals surface area (Å²) >= 11 is 0. The third-order valence-corrected chi connectivity index (χ3v) is 2.87. The predicted octanol–water partition coefficient (Wildman–Crippen LogP) is 2.88. The monoisotopic (exact) mass is 253 g/mol. The molecule has 0 atom stereocenters. The molecule has 1 N–H and O–H groups in total. The molecule has 0 saturated carbocycles. The van der Waals surface area contributed by atoms with E-state index in [-0.39, 0.29) is 0 Å². The van der Waals surface area contributed by atoms with Gasteiger partial charge in [-0.2, -0.15) is 5.26 Å². The van der Waals surface area contributed by atoms with Gasteiger partial charge in [0, 0.05) is 18.8 Å². The number of hydrogen-bond acceptors (Lipinski definition) is 4. The van der Waals surface area contributed by atoms with Crippen molar-refractivity contribution in [2.24, 2.45) is 0 Å². The van der Waals surface area contributed by atoms with Crippen LogP contribution in [-0.4, -0.2) is 12.1 Å². The van der Waals surface area contributed by atoms with Crippen molar-refractivity contribution in [1.82, 2.24) is 4.98 Å². The maximum atomic E-state index is 9.10. The highest BCUT2D eigenvalue weighted by Crippen LogP contribution is 2.20. The highest BCUT2D eigenvalue weighted by molar-refractivity contribution is 5.62. The Morgan fingerprint density at radius 1 is 1.37 bits per heavy atom. The standard InChI is InChI=1S/C15H15N3O/c1-11-4-3-5-13(9-16)15(11)18-10-12-6-7-17-14(8-12)19-2/h3-8,18H,10H2,1-2H3. The highest BCUT2D eigenvalue weighted by Gasteiger charge is 2.05. The van der Waals surface area contributed by atoms with Gasteiger partial charge in [0.05, 0.1) is 18.4 Å². The number of aryl methyl sites for hydroxylation is 1. The lowest BCUT2D eigenvalue weighted by molar-refractivity contribution is 0.397. The number of ether oxygens (including phenoxy) is 1. The fourth-order valence-corrected chi connectivity index (χ4v) is 1.86. The van der Waals surface area contributed by atoms with Crippen LogP contribution in [0, 0.1) is 18.3 Å². The normalized spacial score (nSPS) is 9.74. The van der Waals surface area contributed by atoms with Crippen molar-refractivity contribution in [2.45, 2.75) is 13.5 Å². The fourth-order valence-electron chi connectivity index (χ4n) is 1.86. The van der Waals surface area contributed by atoms with Crippen molar-refractivity contribution in [3.8, 4) is 11.9 Å². The molecular formula is C15H15N3O. The number of benzene rings is 1. The summed E-state index contributed by atoms with van der Waals surface area (Å²) in [6.07, 6.45) is 1.71. The molecule has 1 aromatic heterocycles. The number of methoxy groups -OCH3 is 1. The van der Waals surface area contributed by atoms with E-state index in [0.29, 0.717) is 18.0 Å². The molecule has 19 heavy (non-hydrogen) atoms. The molecule has 1 aromatic carbocycles. The Balaban J connectivity index is 2.17. The van der Waals surface area contributed by atoms with E-state index in [9.17, 15) is 0 Å². The molecule has 4 heteroatoms. The Labute approximate surface area is 112 Å². The molecule has 0 aliphatic heterocycles. The van der Waals surface area contributed by atoms with Crippen LogP contribution in [0.2, 0.25) is 0 Å². The highest BCUT2D eigenvalue weighted by atomic mass is 16.5. The van der Waals surface area contributed by atoms with Crippen LogP contribution in [0.4, 0.5) is 5.69 Å². The summed E-state index contributed by atoms with van der Waals surface area (Å²) in [6.45, 7) is 2.61. The molecule has 4 nitrogen and oxygen atoms in total. The van der Waals surface area contributed by atoms with Crippen molar-refractivity contribution >= 4 is 5.69 Å². The average Bonchev–Trinajstić information content (AvgIpc) is 2.46.